The molecule has 0 bridgehead atoms. The fourth-order valence-corrected chi connectivity index (χ4v) is 1.35. The van der Waals surface area contributed by atoms with Crippen molar-refractivity contribution in [1.29, 1.82) is 0 Å². The van der Waals surface area contributed by atoms with E-state index in [-0.39, 0.29) is 12.2 Å². The molecule has 1 aromatic rings. The van der Waals surface area contributed by atoms with Crippen LogP contribution in [0.15, 0.2) is 22.7 Å². The van der Waals surface area contributed by atoms with E-state index >= 15 is 0 Å². The monoisotopic (exact) mass is 260 g/mol. The Morgan fingerprint density at radius 3 is 2.64 bits per heavy atom. The number of aromatic hydroxyl groups is 1. The summed E-state index contributed by atoms with van der Waals surface area (Å²) in [6.45, 7) is 0. The number of hydrogen-bond acceptors (Lipinski definition) is 3. The molecule has 1 atom stereocenters. The predicted octanol–water partition coefficient (Wildman–Crippen LogP) is 1.14. The number of halogens is 1. The summed E-state index contributed by atoms with van der Waals surface area (Å²) in [6, 6.07) is 4.68. The zero-order valence-electron chi connectivity index (χ0n) is 7.14. The minimum Gasteiger partial charge on any atom is -0.508 e. The van der Waals surface area contributed by atoms with Gasteiger partial charge >= 0.3 is 5.97 Å². The van der Waals surface area contributed by atoms with Crippen molar-refractivity contribution in [3.63, 3.8) is 0 Å². The molecule has 0 heterocycles. The van der Waals surface area contributed by atoms with Gasteiger partial charge in [-0.05, 0) is 17.7 Å². The minimum absolute atomic E-state index is 0.0281. The van der Waals surface area contributed by atoms with Crippen molar-refractivity contribution in [1.82, 2.24) is 0 Å². The maximum absolute atomic E-state index is 10.3. The van der Waals surface area contributed by atoms with E-state index in [0.29, 0.717) is 10.0 Å². The average molecular weight is 261 g/mol. The lowest BCUT2D eigenvalue weighted by atomic mass is 10.1. The molecule has 0 aromatic heterocycles. The molecular formula is C9H9BrO4. The van der Waals surface area contributed by atoms with Gasteiger partial charge in [0.15, 0.2) is 6.10 Å². The number of hydrogen-bond donors (Lipinski definition) is 3. The van der Waals surface area contributed by atoms with Crippen molar-refractivity contribution in [2.45, 2.75) is 12.5 Å². The van der Waals surface area contributed by atoms with Gasteiger partial charge in [-0.1, -0.05) is 22.0 Å². The minimum atomic E-state index is -1.48. The first-order valence-electron chi connectivity index (χ1n) is 3.89. The molecule has 4 nitrogen and oxygen atoms in total. The Labute approximate surface area is 88.9 Å². The molecule has 1 aromatic carbocycles. The molecule has 5 heteroatoms. The van der Waals surface area contributed by atoms with Crippen LogP contribution in [-0.2, 0) is 11.2 Å². The van der Waals surface area contributed by atoms with E-state index < -0.39 is 12.1 Å². The van der Waals surface area contributed by atoms with Gasteiger partial charge in [-0.2, -0.15) is 0 Å². The number of aliphatic carboxylic acids is 1. The molecule has 0 aliphatic rings. The standard InChI is InChI=1S/C9H9BrO4/c10-6-2-1-5(7(11)4-6)3-8(12)9(13)14/h1-2,4,8,11-12H,3H2,(H,13,14). The Hall–Kier alpha value is -1.07. The Kier molecular flexibility index (Phi) is 3.49. The number of carboxylic acid groups (broad SMARTS) is 1. The van der Waals surface area contributed by atoms with Crippen LogP contribution >= 0.6 is 15.9 Å². The molecule has 0 radical (unpaired) electrons. The van der Waals surface area contributed by atoms with Crippen LogP contribution in [0.25, 0.3) is 0 Å². The molecule has 1 unspecified atom stereocenters. The van der Waals surface area contributed by atoms with Gasteiger partial charge in [-0.3, -0.25) is 0 Å². The third-order valence-corrected chi connectivity index (χ3v) is 2.24. The zero-order valence-corrected chi connectivity index (χ0v) is 8.73. The highest BCUT2D eigenvalue weighted by atomic mass is 79.9. The summed E-state index contributed by atoms with van der Waals surface area (Å²) >= 11 is 3.15. The van der Waals surface area contributed by atoms with Crippen molar-refractivity contribution in [3.05, 3.63) is 28.2 Å². The molecule has 0 aliphatic heterocycles. The van der Waals surface area contributed by atoms with Crippen molar-refractivity contribution >= 4 is 21.9 Å². The second-order valence-corrected chi connectivity index (χ2v) is 3.75. The first-order valence-corrected chi connectivity index (χ1v) is 4.68. The number of phenols is 1. The smallest absolute Gasteiger partial charge is 0.332 e. The van der Waals surface area contributed by atoms with Crippen molar-refractivity contribution in [2.24, 2.45) is 0 Å². The van der Waals surface area contributed by atoms with E-state index in [2.05, 4.69) is 15.9 Å². The van der Waals surface area contributed by atoms with Gasteiger partial charge in [0.1, 0.15) is 5.75 Å². The second kappa shape index (κ2) is 4.43. The largest absolute Gasteiger partial charge is 0.508 e. The Morgan fingerprint density at radius 2 is 2.14 bits per heavy atom. The molecule has 0 amide bonds. The molecule has 14 heavy (non-hydrogen) atoms. The summed E-state index contributed by atoms with van der Waals surface area (Å²) in [4.78, 5) is 10.3. The lowest BCUT2D eigenvalue weighted by Crippen LogP contribution is -2.21. The highest BCUT2D eigenvalue weighted by Crippen LogP contribution is 2.23. The number of benzene rings is 1. The SMILES string of the molecule is O=C(O)C(O)Cc1ccc(Br)cc1O. The summed E-state index contributed by atoms with van der Waals surface area (Å²) in [6.07, 6.45) is -1.59. The van der Waals surface area contributed by atoms with Gasteiger partial charge in [0.05, 0.1) is 0 Å². The van der Waals surface area contributed by atoms with Gasteiger partial charge in [-0.15, -0.1) is 0 Å². The van der Waals surface area contributed by atoms with Crippen LogP contribution in [0, 0.1) is 0 Å². The van der Waals surface area contributed by atoms with E-state index in [4.69, 9.17) is 10.2 Å². The molecule has 0 aliphatic carbocycles. The Morgan fingerprint density at radius 1 is 1.50 bits per heavy atom. The lowest BCUT2D eigenvalue weighted by Gasteiger charge is -2.07. The number of carbonyl (C=O) groups is 1. The van der Waals surface area contributed by atoms with Crippen LogP contribution in [0.1, 0.15) is 5.56 Å². The third-order valence-electron chi connectivity index (χ3n) is 1.75. The molecule has 0 saturated heterocycles. The Balaban J connectivity index is 2.82. The average Bonchev–Trinajstić information content (AvgIpc) is 2.09. The van der Waals surface area contributed by atoms with E-state index in [1.54, 1.807) is 12.1 Å². The molecule has 76 valence electrons. The molecule has 1 rings (SSSR count). The first kappa shape index (κ1) is 11.0. The maximum atomic E-state index is 10.3. The van der Waals surface area contributed by atoms with Crippen molar-refractivity contribution in [3.8, 4) is 5.75 Å². The van der Waals surface area contributed by atoms with Gasteiger partial charge in [0.2, 0.25) is 0 Å². The van der Waals surface area contributed by atoms with Gasteiger partial charge in [0, 0.05) is 10.9 Å². The summed E-state index contributed by atoms with van der Waals surface area (Å²) in [5.41, 5.74) is 0.406. The zero-order chi connectivity index (χ0) is 10.7. The number of rotatable bonds is 3. The fourth-order valence-electron chi connectivity index (χ4n) is 1.01. The summed E-state index contributed by atoms with van der Waals surface area (Å²) in [5.74, 6) is -1.33. The van der Waals surface area contributed by atoms with Crippen LogP contribution in [0.3, 0.4) is 0 Å². The van der Waals surface area contributed by atoms with Gasteiger partial charge < -0.3 is 15.3 Å². The van der Waals surface area contributed by atoms with Crippen LogP contribution in [0.2, 0.25) is 0 Å². The number of aliphatic hydroxyl groups is 1. The first-order chi connectivity index (χ1) is 6.50. The second-order valence-electron chi connectivity index (χ2n) is 2.83. The topological polar surface area (TPSA) is 77.8 Å². The normalized spacial score (nSPS) is 12.4. The molecule has 0 saturated carbocycles. The van der Waals surface area contributed by atoms with Crippen LogP contribution < -0.4 is 0 Å². The predicted molar refractivity (Wildman–Crippen MR) is 53.2 cm³/mol. The van der Waals surface area contributed by atoms with E-state index in [9.17, 15) is 9.90 Å². The number of aliphatic hydroxyl groups excluding tert-OH is 1. The fraction of sp³-hybridized carbons (Fsp3) is 0.222. The highest BCUT2D eigenvalue weighted by Gasteiger charge is 2.15. The molecular weight excluding hydrogens is 252 g/mol. The van der Waals surface area contributed by atoms with Gasteiger partial charge in [-0.25, -0.2) is 4.79 Å². The number of phenolic OH excluding ortho intramolecular Hbond substituents is 1. The van der Waals surface area contributed by atoms with Crippen LogP contribution in [0.5, 0.6) is 5.75 Å². The quantitative estimate of drug-likeness (QED) is 0.762. The molecule has 3 N–H and O–H groups in total. The van der Waals surface area contributed by atoms with Crippen molar-refractivity contribution < 1.29 is 20.1 Å². The van der Waals surface area contributed by atoms with Crippen LogP contribution in [0.4, 0.5) is 0 Å². The van der Waals surface area contributed by atoms with Gasteiger partial charge in [0.25, 0.3) is 0 Å². The third kappa shape index (κ3) is 2.71. The van der Waals surface area contributed by atoms with E-state index in [0.717, 1.165) is 0 Å². The lowest BCUT2D eigenvalue weighted by molar-refractivity contribution is -0.146. The van der Waals surface area contributed by atoms with Crippen molar-refractivity contribution in [2.75, 3.05) is 0 Å². The van der Waals surface area contributed by atoms with E-state index in [1.807, 2.05) is 0 Å². The summed E-state index contributed by atoms with van der Waals surface area (Å²) in [7, 11) is 0. The molecule has 0 fully saturated rings. The Bertz CT molecular complexity index is 351. The molecule has 0 spiro atoms. The highest BCUT2D eigenvalue weighted by molar-refractivity contribution is 9.10. The number of carboxylic acids is 1. The van der Waals surface area contributed by atoms with Crippen LogP contribution in [-0.4, -0.2) is 27.4 Å². The summed E-state index contributed by atoms with van der Waals surface area (Å²) in [5, 5.41) is 26.9. The summed E-state index contributed by atoms with van der Waals surface area (Å²) < 4.78 is 0.698. The maximum Gasteiger partial charge on any atom is 0.332 e. The van der Waals surface area contributed by atoms with E-state index in [1.165, 1.54) is 6.07 Å².